The molecule has 104 valence electrons. The number of hydrogen-bond donors (Lipinski definition) is 1. The smallest absolute Gasteiger partial charge is 0.419 e. The Labute approximate surface area is 111 Å². The standard InChI is InChI=1S/C11H11F3N2O2S/c12-11(13,14)7-2-1-3-15-9(7)16-4-5-19-6-8(16)10(17)18/h1-3,8H,4-6H2,(H,17,18). The minimum Gasteiger partial charge on any atom is -0.480 e. The van der Waals surface area contributed by atoms with Crippen molar-refractivity contribution in [3.63, 3.8) is 0 Å². The number of halogens is 3. The Hall–Kier alpha value is -1.44. The van der Waals surface area contributed by atoms with Crippen molar-refractivity contribution in [3.05, 3.63) is 23.9 Å². The zero-order valence-electron chi connectivity index (χ0n) is 9.72. The van der Waals surface area contributed by atoms with Crippen molar-refractivity contribution in [1.82, 2.24) is 4.98 Å². The summed E-state index contributed by atoms with van der Waals surface area (Å²) in [7, 11) is 0. The number of anilines is 1. The molecule has 1 atom stereocenters. The second kappa shape index (κ2) is 5.28. The van der Waals surface area contributed by atoms with Gasteiger partial charge in [-0.25, -0.2) is 9.78 Å². The minimum atomic E-state index is -4.54. The van der Waals surface area contributed by atoms with Crippen LogP contribution in [0.15, 0.2) is 18.3 Å². The number of hydrogen-bond acceptors (Lipinski definition) is 4. The Bertz CT molecular complexity index is 481. The lowest BCUT2D eigenvalue weighted by Gasteiger charge is -2.34. The SMILES string of the molecule is O=C(O)C1CSCCN1c1ncccc1C(F)(F)F. The molecule has 1 fully saturated rings. The molecule has 0 aliphatic carbocycles. The van der Waals surface area contributed by atoms with E-state index < -0.39 is 23.8 Å². The predicted octanol–water partition coefficient (Wildman–Crippen LogP) is 2.11. The fraction of sp³-hybridized carbons (Fsp3) is 0.455. The topological polar surface area (TPSA) is 53.4 Å². The zero-order valence-corrected chi connectivity index (χ0v) is 10.5. The van der Waals surface area contributed by atoms with Gasteiger partial charge in [0.2, 0.25) is 0 Å². The van der Waals surface area contributed by atoms with Crippen molar-refractivity contribution in [2.45, 2.75) is 12.2 Å². The molecule has 1 N–H and O–H groups in total. The van der Waals surface area contributed by atoms with Crippen LogP contribution in [0.5, 0.6) is 0 Å². The first kappa shape index (κ1) is 14.0. The Morgan fingerprint density at radius 2 is 2.26 bits per heavy atom. The van der Waals surface area contributed by atoms with Crippen molar-refractivity contribution in [1.29, 1.82) is 0 Å². The Kier molecular flexibility index (Phi) is 3.88. The summed E-state index contributed by atoms with van der Waals surface area (Å²) >= 11 is 1.41. The molecule has 2 rings (SSSR count). The van der Waals surface area contributed by atoms with Crippen LogP contribution in [0, 0.1) is 0 Å². The van der Waals surface area contributed by atoms with Crippen LogP contribution in [0.1, 0.15) is 5.56 Å². The maximum atomic E-state index is 12.9. The van der Waals surface area contributed by atoms with Gasteiger partial charge in [-0.3, -0.25) is 0 Å². The number of nitrogens with zero attached hydrogens (tertiary/aromatic N) is 2. The second-order valence-corrected chi connectivity index (χ2v) is 5.14. The Balaban J connectivity index is 2.42. The van der Waals surface area contributed by atoms with Gasteiger partial charge < -0.3 is 10.0 Å². The molecule has 0 amide bonds. The van der Waals surface area contributed by atoms with E-state index in [1.54, 1.807) is 0 Å². The van der Waals surface area contributed by atoms with Crippen LogP contribution >= 0.6 is 11.8 Å². The molecule has 1 aromatic heterocycles. The lowest BCUT2D eigenvalue weighted by molar-refractivity contribution is -0.140. The highest BCUT2D eigenvalue weighted by molar-refractivity contribution is 7.99. The number of thioether (sulfide) groups is 1. The van der Waals surface area contributed by atoms with Crippen molar-refractivity contribution in [3.8, 4) is 0 Å². The van der Waals surface area contributed by atoms with E-state index in [2.05, 4.69) is 4.98 Å². The van der Waals surface area contributed by atoms with Gasteiger partial charge in [-0.05, 0) is 12.1 Å². The van der Waals surface area contributed by atoms with Gasteiger partial charge in [0, 0.05) is 24.2 Å². The van der Waals surface area contributed by atoms with E-state index in [0.29, 0.717) is 5.75 Å². The highest BCUT2D eigenvalue weighted by Crippen LogP contribution is 2.36. The number of carbonyl (C=O) groups is 1. The molecule has 0 radical (unpaired) electrons. The Morgan fingerprint density at radius 3 is 2.89 bits per heavy atom. The van der Waals surface area contributed by atoms with E-state index in [-0.39, 0.29) is 18.1 Å². The molecule has 0 spiro atoms. The quantitative estimate of drug-likeness (QED) is 0.904. The van der Waals surface area contributed by atoms with Crippen molar-refractivity contribution in [2.75, 3.05) is 23.0 Å². The average molecular weight is 292 g/mol. The summed E-state index contributed by atoms with van der Waals surface area (Å²) in [4.78, 5) is 16.1. The maximum absolute atomic E-state index is 12.9. The molecule has 1 aliphatic heterocycles. The molecular weight excluding hydrogens is 281 g/mol. The number of carboxylic acids is 1. The highest BCUT2D eigenvalue weighted by atomic mass is 32.2. The van der Waals surface area contributed by atoms with E-state index >= 15 is 0 Å². The zero-order chi connectivity index (χ0) is 14.0. The monoisotopic (exact) mass is 292 g/mol. The average Bonchev–Trinajstić information content (AvgIpc) is 2.37. The fourth-order valence-electron chi connectivity index (χ4n) is 1.91. The van der Waals surface area contributed by atoms with Gasteiger partial charge in [-0.1, -0.05) is 0 Å². The first-order valence-corrected chi connectivity index (χ1v) is 6.66. The van der Waals surface area contributed by atoms with Crippen LogP contribution in [-0.4, -0.2) is 40.2 Å². The summed E-state index contributed by atoms with van der Waals surface area (Å²) in [5, 5.41) is 9.10. The highest BCUT2D eigenvalue weighted by Gasteiger charge is 2.39. The number of carboxylic acid groups (broad SMARTS) is 1. The molecule has 1 unspecified atom stereocenters. The summed E-state index contributed by atoms with van der Waals surface area (Å²) < 4.78 is 38.7. The van der Waals surface area contributed by atoms with Crippen LogP contribution in [-0.2, 0) is 11.0 Å². The third-order valence-electron chi connectivity index (χ3n) is 2.78. The minimum absolute atomic E-state index is 0.238. The number of aliphatic carboxylic acids is 1. The van der Waals surface area contributed by atoms with Crippen molar-refractivity contribution in [2.24, 2.45) is 0 Å². The maximum Gasteiger partial charge on any atom is 0.419 e. The lowest BCUT2D eigenvalue weighted by atomic mass is 10.2. The normalized spacial score (nSPS) is 20.4. The van der Waals surface area contributed by atoms with Gasteiger partial charge in [-0.2, -0.15) is 24.9 Å². The summed E-state index contributed by atoms with van der Waals surface area (Å²) in [5.74, 6) is -0.602. The van der Waals surface area contributed by atoms with E-state index in [4.69, 9.17) is 5.11 Å². The van der Waals surface area contributed by atoms with Gasteiger partial charge in [0.1, 0.15) is 11.9 Å². The second-order valence-electron chi connectivity index (χ2n) is 3.99. The molecule has 1 saturated heterocycles. The van der Waals surface area contributed by atoms with E-state index in [9.17, 15) is 18.0 Å². The van der Waals surface area contributed by atoms with E-state index in [0.717, 1.165) is 6.07 Å². The van der Waals surface area contributed by atoms with Crippen molar-refractivity contribution < 1.29 is 23.1 Å². The molecule has 2 heterocycles. The third-order valence-corrected chi connectivity index (χ3v) is 3.80. The predicted molar refractivity (Wildman–Crippen MR) is 65.3 cm³/mol. The van der Waals surface area contributed by atoms with Crippen LogP contribution in [0.25, 0.3) is 0 Å². The molecule has 1 aromatic rings. The van der Waals surface area contributed by atoms with Gasteiger partial charge in [0.05, 0.1) is 5.56 Å². The molecule has 4 nitrogen and oxygen atoms in total. The van der Waals surface area contributed by atoms with Crippen molar-refractivity contribution >= 4 is 23.5 Å². The lowest BCUT2D eigenvalue weighted by Crippen LogP contribution is -2.48. The number of aromatic nitrogens is 1. The molecule has 1 aliphatic rings. The fourth-order valence-corrected chi connectivity index (χ4v) is 2.95. The van der Waals surface area contributed by atoms with Crippen LogP contribution in [0.4, 0.5) is 19.0 Å². The molecule has 0 saturated carbocycles. The Morgan fingerprint density at radius 1 is 1.53 bits per heavy atom. The third kappa shape index (κ3) is 2.94. The van der Waals surface area contributed by atoms with Crippen LogP contribution < -0.4 is 4.90 Å². The molecule has 0 bridgehead atoms. The largest absolute Gasteiger partial charge is 0.480 e. The molecular formula is C11H11F3N2O2S. The summed E-state index contributed by atoms with van der Waals surface area (Å²) in [5.41, 5.74) is -0.895. The van der Waals surface area contributed by atoms with Gasteiger partial charge in [0.25, 0.3) is 0 Å². The molecule has 0 aromatic carbocycles. The molecule has 19 heavy (non-hydrogen) atoms. The van der Waals surface area contributed by atoms with E-state index in [1.165, 1.54) is 28.9 Å². The summed E-state index contributed by atoms with van der Waals surface area (Å²) in [6, 6.07) is 1.14. The number of alkyl halides is 3. The summed E-state index contributed by atoms with van der Waals surface area (Å²) in [6.07, 6.45) is -3.30. The van der Waals surface area contributed by atoms with Gasteiger partial charge in [-0.15, -0.1) is 0 Å². The first-order chi connectivity index (χ1) is 8.91. The molecule has 8 heteroatoms. The van der Waals surface area contributed by atoms with Crippen LogP contribution in [0.3, 0.4) is 0 Å². The first-order valence-electron chi connectivity index (χ1n) is 5.50. The number of pyridine rings is 1. The summed E-state index contributed by atoms with van der Waals surface area (Å²) in [6.45, 7) is 0.238. The van der Waals surface area contributed by atoms with Gasteiger partial charge >= 0.3 is 12.1 Å². The van der Waals surface area contributed by atoms with Gasteiger partial charge in [0.15, 0.2) is 0 Å². The van der Waals surface area contributed by atoms with Crippen LogP contribution in [0.2, 0.25) is 0 Å². The van der Waals surface area contributed by atoms with E-state index in [1.807, 2.05) is 0 Å². The number of rotatable bonds is 2.